The molecule has 0 saturated carbocycles. The fourth-order valence-electron chi connectivity index (χ4n) is 3.70. The van der Waals surface area contributed by atoms with Crippen LogP contribution in [0.1, 0.15) is 5.56 Å². The van der Waals surface area contributed by atoms with Gasteiger partial charge in [-0.2, -0.15) is 5.10 Å². The third-order valence-electron chi connectivity index (χ3n) is 5.19. The highest BCUT2D eigenvalue weighted by molar-refractivity contribution is 5.86. The Morgan fingerprint density at radius 2 is 2.00 bits per heavy atom. The number of anilines is 1. The Hall–Kier alpha value is -3.07. The third-order valence-corrected chi connectivity index (χ3v) is 5.19. The number of aromatic nitrogens is 4. The van der Waals surface area contributed by atoms with Gasteiger partial charge in [0.1, 0.15) is 18.0 Å². The molecule has 1 amide bonds. The van der Waals surface area contributed by atoms with Crippen LogP contribution in [0.15, 0.2) is 36.8 Å². The maximum atomic E-state index is 13.3. The minimum atomic E-state index is -0.259. The van der Waals surface area contributed by atoms with Gasteiger partial charge in [0.2, 0.25) is 5.91 Å². The van der Waals surface area contributed by atoms with Crippen molar-refractivity contribution >= 4 is 22.8 Å². The summed E-state index contributed by atoms with van der Waals surface area (Å²) in [5.74, 6) is 0.682. The van der Waals surface area contributed by atoms with Gasteiger partial charge < -0.3 is 9.80 Å². The highest BCUT2D eigenvalue weighted by Crippen LogP contribution is 2.23. The Balaban J connectivity index is 1.33. The van der Waals surface area contributed by atoms with Crippen molar-refractivity contribution in [1.29, 1.82) is 0 Å². The van der Waals surface area contributed by atoms with Gasteiger partial charge in [0.15, 0.2) is 5.65 Å². The van der Waals surface area contributed by atoms with Crippen molar-refractivity contribution in [2.45, 2.75) is 6.54 Å². The van der Waals surface area contributed by atoms with Gasteiger partial charge in [-0.15, -0.1) is 0 Å². The molecule has 0 radical (unpaired) electrons. The molecule has 8 nitrogen and oxygen atoms in total. The second kappa shape index (κ2) is 8.12. The van der Waals surface area contributed by atoms with E-state index in [2.05, 4.69) is 20.0 Å². The number of hydrogen-bond acceptors (Lipinski definition) is 6. The number of carbonyl (C=O) groups excluding carboxylic acids is 1. The van der Waals surface area contributed by atoms with Crippen molar-refractivity contribution in [3.05, 3.63) is 48.2 Å². The van der Waals surface area contributed by atoms with Gasteiger partial charge >= 0.3 is 0 Å². The Labute approximate surface area is 168 Å². The highest BCUT2D eigenvalue weighted by Gasteiger charge is 2.24. The van der Waals surface area contributed by atoms with Gasteiger partial charge in [0.25, 0.3) is 0 Å². The third kappa shape index (κ3) is 4.19. The fourth-order valence-corrected chi connectivity index (χ4v) is 3.70. The maximum Gasteiger partial charge on any atom is 0.236 e. The summed E-state index contributed by atoms with van der Waals surface area (Å²) < 4.78 is 15.1. The molecule has 1 aliphatic heterocycles. The lowest BCUT2D eigenvalue weighted by Crippen LogP contribution is -2.51. The van der Waals surface area contributed by atoms with Crippen molar-refractivity contribution in [3.63, 3.8) is 0 Å². The normalized spacial score (nSPS) is 14.8. The quantitative estimate of drug-likeness (QED) is 0.646. The Morgan fingerprint density at radius 3 is 2.76 bits per heavy atom. The molecule has 1 saturated heterocycles. The van der Waals surface area contributed by atoms with Gasteiger partial charge in [-0.25, -0.2) is 14.4 Å². The first-order valence-corrected chi connectivity index (χ1v) is 9.59. The molecular weight excluding hydrogens is 373 g/mol. The van der Waals surface area contributed by atoms with E-state index >= 15 is 0 Å². The summed E-state index contributed by atoms with van der Waals surface area (Å²) in [5.41, 5.74) is 1.65. The van der Waals surface area contributed by atoms with E-state index in [4.69, 9.17) is 0 Å². The summed E-state index contributed by atoms with van der Waals surface area (Å²) >= 11 is 0. The largest absolute Gasteiger partial charge is 0.352 e. The van der Waals surface area contributed by atoms with Crippen molar-refractivity contribution in [1.82, 2.24) is 29.5 Å². The van der Waals surface area contributed by atoms with E-state index in [0.717, 1.165) is 22.4 Å². The maximum absolute atomic E-state index is 13.3. The molecule has 0 unspecified atom stereocenters. The minimum absolute atomic E-state index is 0.0813. The predicted octanol–water partition coefficient (Wildman–Crippen LogP) is 1.28. The number of likely N-dealkylation sites (N-methyl/N-ethyl adjacent to an activating group) is 1. The van der Waals surface area contributed by atoms with Crippen LogP contribution in [0.25, 0.3) is 11.0 Å². The molecule has 9 heteroatoms. The number of carbonyl (C=O) groups is 1. The molecular formula is C20H24FN7O. The van der Waals surface area contributed by atoms with Gasteiger partial charge in [-0.3, -0.25) is 14.4 Å². The van der Waals surface area contributed by atoms with E-state index in [1.165, 1.54) is 12.1 Å². The van der Waals surface area contributed by atoms with Crippen LogP contribution in [-0.2, 0) is 18.4 Å². The van der Waals surface area contributed by atoms with Crippen molar-refractivity contribution in [2.24, 2.45) is 7.05 Å². The predicted molar refractivity (Wildman–Crippen MR) is 108 cm³/mol. The number of piperazine rings is 1. The lowest BCUT2D eigenvalue weighted by Gasteiger charge is -2.36. The number of fused-ring (bicyclic) bond motifs is 1. The molecule has 0 bridgehead atoms. The monoisotopic (exact) mass is 397 g/mol. The molecule has 1 aromatic carbocycles. The zero-order chi connectivity index (χ0) is 20.4. The summed E-state index contributed by atoms with van der Waals surface area (Å²) in [6.45, 7) is 3.53. The first kappa shape index (κ1) is 19.3. The Kier molecular flexibility index (Phi) is 5.39. The topological polar surface area (TPSA) is 70.4 Å². The Bertz CT molecular complexity index is 1010. The molecule has 0 N–H and O–H groups in total. The summed E-state index contributed by atoms with van der Waals surface area (Å²) in [6, 6.07) is 6.47. The zero-order valence-electron chi connectivity index (χ0n) is 16.6. The molecule has 0 aliphatic carbocycles. The average molecular weight is 397 g/mol. The zero-order valence-corrected chi connectivity index (χ0v) is 16.6. The van der Waals surface area contributed by atoms with E-state index < -0.39 is 0 Å². The first-order chi connectivity index (χ1) is 14.0. The van der Waals surface area contributed by atoms with Crippen LogP contribution < -0.4 is 4.90 Å². The van der Waals surface area contributed by atoms with E-state index in [1.807, 2.05) is 30.0 Å². The first-order valence-electron chi connectivity index (χ1n) is 9.59. The number of halogens is 1. The van der Waals surface area contributed by atoms with E-state index in [0.29, 0.717) is 39.3 Å². The SMILES string of the molecule is CN(CC(=O)N1CCN(c2ncnc3c2cnn3C)CC1)Cc1cccc(F)c1. The van der Waals surface area contributed by atoms with Gasteiger partial charge in [0, 0.05) is 39.8 Å². The second-order valence-electron chi connectivity index (χ2n) is 7.37. The Morgan fingerprint density at radius 1 is 1.21 bits per heavy atom. The van der Waals surface area contributed by atoms with Crippen LogP contribution in [0.4, 0.5) is 10.2 Å². The number of aryl methyl sites for hydroxylation is 1. The number of rotatable bonds is 5. The molecule has 4 rings (SSSR count). The van der Waals surface area contributed by atoms with Crippen LogP contribution in [-0.4, -0.2) is 75.2 Å². The van der Waals surface area contributed by atoms with E-state index in [9.17, 15) is 9.18 Å². The highest BCUT2D eigenvalue weighted by atomic mass is 19.1. The summed E-state index contributed by atoms with van der Waals surface area (Å²) in [5, 5.41) is 5.18. The molecule has 0 atom stereocenters. The molecule has 29 heavy (non-hydrogen) atoms. The summed E-state index contributed by atoms with van der Waals surface area (Å²) in [4.78, 5) is 27.4. The smallest absolute Gasteiger partial charge is 0.236 e. The molecule has 3 aromatic rings. The van der Waals surface area contributed by atoms with Gasteiger partial charge in [-0.1, -0.05) is 12.1 Å². The van der Waals surface area contributed by atoms with Crippen molar-refractivity contribution in [3.8, 4) is 0 Å². The number of benzene rings is 1. The van der Waals surface area contributed by atoms with Gasteiger partial charge in [-0.05, 0) is 24.7 Å². The molecule has 152 valence electrons. The number of amides is 1. The van der Waals surface area contributed by atoms with Crippen LogP contribution >= 0.6 is 0 Å². The van der Waals surface area contributed by atoms with Gasteiger partial charge in [0.05, 0.1) is 18.1 Å². The average Bonchev–Trinajstić information content (AvgIpc) is 3.09. The molecule has 1 aliphatic rings. The molecule has 1 fully saturated rings. The number of nitrogens with zero attached hydrogens (tertiary/aromatic N) is 7. The fraction of sp³-hybridized carbons (Fsp3) is 0.400. The summed E-state index contributed by atoms with van der Waals surface area (Å²) in [7, 11) is 3.73. The molecule has 0 spiro atoms. The van der Waals surface area contributed by atoms with Crippen LogP contribution in [0.3, 0.4) is 0 Å². The lowest BCUT2D eigenvalue weighted by molar-refractivity contribution is -0.132. The van der Waals surface area contributed by atoms with Crippen molar-refractivity contribution < 1.29 is 9.18 Å². The number of hydrogen-bond donors (Lipinski definition) is 0. The van der Waals surface area contributed by atoms with Crippen LogP contribution in [0.2, 0.25) is 0 Å². The summed E-state index contributed by atoms with van der Waals surface area (Å²) in [6.07, 6.45) is 3.34. The minimum Gasteiger partial charge on any atom is -0.352 e. The molecule has 2 aromatic heterocycles. The lowest BCUT2D eigenvalue weighted by atomic mass is 10.2. The second-order valence-corrected chi connectivity index (χ2v) is 7.37. The van der Waals surface area contributed by atoms with Crippen LogP contribution in [0, 0.1) is 5.82 Å². The van der Waals surface area contributed by atoms with Crippen LogP contribution in [0.5, 0.6) is 0 Å². The standard InChI is InChI=1S/C20H24FN7O/c1-25(12-15-4-3-5-16(21)10-15)13-18(29)27-6-8-28(9-7-27)20-17-11-24-26(2)19(17)22-14-23-20/h3-5,10-11,14H,6-9,12-13H2,1-2H3. The van der Waals surface area contributed by atoms with E-state index in [1.54, 1.807) is 23.3 Å². The van der Waals surface area contributed by atoms with Crippen molar-refractivity contribution in [2.75, 3.05) is 44.7 Å². The molecule has 3 heterocycles. The van der Waals surface area contributed by atoms with E-state index in [-0.39, 0.29) is 11.7 Å².